The van der Waals surface area contributed by atoms with Gasteiger partial charge in [-0.2, -0.15) is 4.98 Å². The smallest absolute Gasteiger partial charge is 0.254 e. The third kappa shape index (κ3) is 3.82. The molecule has 0 saturated carbocycles. The van der Waals surface area contributed by atoms with Crippen LogP contribution in [0.4, 0.5) is 5.82 Å². The van der Waals surface area contributed by atoms with E-state index in [1.54, 1.807) is 31.9 Å². The normalized spacial score (nSPS) is 13.9. The van der Waals surface area contributed by atoms with Crippen molar-refractivity contribution in [3.63, 3.8) is 0 Å². The molecule has 0 aliphatic carbocycles. The second-order valence-electron chi connectivity index (χ2n) is 7.51. The van der Waals surface area contributed by atoms with Gasteiger partial charge in [0.05, 0.1) is 36.3 Å². The zero-order valence-electron chi connectivity index (χ0n) is 17.7. The van der Waals surface area contributed by atoms with Crippen LogP contribution in [-0.4, -0.2) is 64.0 Å². The zero-order valence-corrected chi connectivity index (χ0v) is 17.7. The van der Waals surface area contributed by atoms with Crippen LogP contribution in [0.5, 0.6) is 5.88 Å². The number of carbonyl (C=O) groups excluding carboxylic acids is 1. The van der Waals surface area contributed by atoms with Gasteiger partial charge in [0.15, 0.2) is 5.82 Å². The molecule has 5 rings (SSSR count). The Kier molecular flexibility index (Phi) is 5.33. The minimum atomic E-state index is 0.00952. The van der Waals surface area contributed by atoms with E-state index in [1.807, 2.05) is 47.4 Å². The number of hydrogen-bond donors (Lipinski definition) is 0. The quantitative estimate of drug-likeness (QED) is 0.496. The predicted molar refractivity (Wildman–Crippen MR) is 122 cm³/mol. The van der Waals surface area contributed by atoms with E-state index in [0.717, 1.165) is 28.0 Å². The second-order valence-corrected chi connectivity index (χ2v) is 7.51. The first-order valence-corrected chi connectivity index (χ1v) is 10.4. The van der Waals surface area contributed by atoms with Crippen molar-refractivity contribution < 1.29 is 9.53 Å². The number of aromatic nitrogens is 4. The van der Waals surface area contributed by atoms with Crippen LogP contribution in [0.2, 0.25) is 0 Å². The number of hydrogen-bond acceptors (Lipinski definition) is 7. The highest BCUT2D eigenvalue weighted by Gasteiger charge is 2.25. The van der Waals surface area contributed by atoms with Gasteiger partial charge in [-0.05, 0) is 24.3 Å². The van der Waals surface area contributed by atoms with Gasteiger partial charge in [-0.25, -0.2) is 4.98 Å². The number of ether oxygens (including phenoxy) is 1. The van der Waals surface area contributed by atoms with E-state index in [1.165, 1.54) is 0 Å². The van der Waals surface area contributed by atoms with Crippen molar-refractivity contribution in [2.24, 2.45) is 0 Å². The molecule has 0 bridgehead atoms. The summed E-state index contributed by atoms with van der Waals surface area (Å²) in [7, 11) is 1.57. The summed E-state index contributed by atoms with van der Waals surface area (Å²) in [6.07, 6.45) is 6.76. The van der Waals surface area contributed by atoms with E-state index in [4.69, 9.17) is 9.72 Å². The van der Waals surface area contributed by atoms with Gasteiger partial charge in [-0.15, -0.1) is 0 Å². The van der Waals surface area contributed by atoms with Crippen molar-refractivity contribution in [1.82, 2.24) is 24.8 Å². The summed E-state index contributed by atoms with van der Waals surface area (Å²) in [5.74, 6) is 1.24. The van der Waals surface area contributed by atoms with E-state index >= 15 is 0 Å². The Bertz CT molecular complexity index is 1260. The third-order valence-corrected chi connectivity index (χ3v) is 5.62. The average Bonchev–Trinajstić information content (AvgIpc) is 2.88. The van der Waals surface area contributed by atoms with Crippen LogP contribution in [0.1, 0.15) is 10.4 Å². The average molecular weight is 426 g/mol. The van der Waals surface area contributed by atoms with Gasteiger partial charge in [0.2, 0.25) is 5.88 Å². The first-order valence-electron chi connectivity index (χ1n) is 10.4. The first-order chi connectivity index (χ1) is 15.7. The molecule has 1 amide bonds. The van der Waals surface area contributed by atoms with Gasteiger partial charge in [0.25, 0.3) is 5.91 Å². The van der Waals surface area contributed by atoms with Gasteiger partial charge in [0.1, 0.15) is 0 Å². The minimum absolute atomic E-state index is 0.00952. The maximum atomic E-state index is 13.6. The molecule has 1 saturated heterocycles. The van der Waals surface area contributed by atoms with Crippen LogP contribution in [0.3, 0.4) is 0 Å². The van der Waals surface area contributed by atoms with Crippen LogP contribution in [0.15, 0.2) is 67.3 Å². The number of rotatable bonds is 4. The second kappa shape index (κ2) is 8.58. The standard InChI is InChI=1S/C24H22N6O2/c1-32-23-16-26-15-22(28-23)29-10-12-30(13-11-29)24(31)19-14-21(17-6-8-25-9-7-17)27-20-5-3-2-4-18(19)20/h2-9,14-16H,10-13H2,1H3. The Hall–Kier alpha value is -4.07. The molecule has 160 valence electrons. The largest absolute Gasteiger partial charge is 0.480 e. The molecule has 0 unspecified atom stereocenters. The lowest BCUT2D eigenvalue weighted by Crippen LogP contribution is -2.49. The summed E-state index contributed by atoms with van der Waals surface area (Å²) >= 11 is 0. The van der Waals surface area contributed by atoms with Crippen LogP contribution >= 0.6 is 0 Å². The van der Waals surface area contributed by atoms with Crippen molar-refractivity contribution in [2.45, 2.75) is 0 Å². The molecule has 1 aliphatic heterocycles. The van der Waals surface area contributed by atoms with Crippen molar-refractivity contribution in [1.29, 1.82) is 0 Å². The highest BCUT2D eigenvalue weighted by molar-refractivity contribution is 6.07. The number of piperazine rings is 1. The Balaban J connectivity index is 1.41. The van der Waals surface area contributed by atoms with E-state index in [0.29, 0.717) is 37.6 Å². The Morgan fingerprint density at radius 3 is 2.50 bits per heavy atom. The fourth-order valence-electron chi connectivity index (χ4n) is 3.92. The maximum Gasteiger partial charge on any atom is 0.254 e. The predicted octanol–water partition coefficient (Wildman–Crippen LogP) is 3.06. The zero-order chi connectivity index (χ0) is 21.9. The highest BCUT2D eigenvalue weighted by Crippen LogP contribution is 2.26. The third-order valence-electron chi connectivity index (χ3n) is 5.62. The SMILES string of the molecule is COc1cncc(N2CCN(C(=O)c3cc(-c4ccncc4)nc4ccccc34)CC2)n1. The fraction of sp³-hybridized carbons (Fsp3) is 0.208. The number of anilines is 1. The van der Waals surface area contributed by atoms with Crippen molar-refractivity contribution in [3.8, 4) is 17.1 Å². The Morgan fingerprint density at radius 2 is 1.72 bits per heavy atom. The monoisotopic (exact) mass is 426 g/mol. The summed E-state index contributed by atoms with van der Waals surface area (Å²) < 4.78 is 5.18. The van der Waals surface area contributed by atoms with E-state index in [2.05, 4.69) is 19.9 Å². The lowest BCUT2D eigenvalue weighted by atomic mass is 10.0. The summed E-state index contributed by atoms with van der Waals surface area (Å²) in [6.45, 7) is 2.54. The first kappa shape index (κ1) is 19.9. The maximum absolute atomic E-state index is 13.6. The molecular weight excluding hydrogens is 404 g/mol. The molecule has 3 aromatic heterocycles. The molecular formula is C24H22N6O2. The summed E-state index contributed by atoms with van der Waals surface area (Å²) in [4.78, 5) is 35.1. The van der Waals surface area contributed by atoms with E-state index < -0.39 is 0 Å². The van der Waals surface area contributed by atoms with Gasteiger partial charge in [-0.3, -0.25) is 14.8 Å². The number of carbonyl (C=O) groups is 1. The molecule has 1 aliphatic rings. The lowest BCUT2D eigenvalue weighted by Gasteiger charge is -2.35. The molecule has 0 spiro atoms. The van der Waals surface area contributed by atoms with Crippen LogP contribution in [-0.2, 0) is 0 Å². The number of amides is 1. The van der Waals surface area contributed by atoms with Gasteiger partial charge >= 0.3 is 0 Å². The molecule has 8 heteroatoms. The number of fused-ring (bicyclic) bond motifs is 1. The topological polar surface area (TPSA) is 84.3 Å². The van der Waals surface area contributed by atoms with E-state index in [-0.39, 0.29) is 5.91 Å². The van der Waals surface area contributed by atoms with Gasteiger partial charge < -0.3 is 14.5 Å². The van der Waals surface area contributed by atoms with Crippen molar-refractivity contribution in [2.75, 3.05) is 38.2 Å². The molecule has 1 aromatic carbocycles. The number of para-hydroxylation sites is 1. The molecule has 4 aromatic rings. The molecule has 32 heavy (non-hydrogen) atoms. The minimum Gasteiger partial charge on any atom is -0.480 e. The molecule has 0 N–H and O–H groups in total. The van der Waals surface area contributed by atoms with Gasteiger partial charge in [-0.1, -0.05) is 18.2 Å². The number of pyridine rings is 2. The molecule has 8 nitrogen and oxygen atoms in total. The van der Waals surface area contributed by atoms with E-state index in [9.17, 15) is 4.79 Å². The van der Waals surface area contributed by atoms with Crippen molar-refractivity contribution >= 4 is 22.6 Å². The molecule has 0 atom stereocenters. The Morgan fingerprint density at radius 1 is 0.938 bits per heavy atom. The summed E-state index contributed by atoms with van der Waals surface area (Å²) in [6, 6.07) is 13.5. The number of methoxy groups -OCH3 is 1. The molecule has 4 heterocycles. The molecule has 0 radical (unpaired) electrons. The number of benzene rings is 1. The van der Waals surface area contributed by atoms with Gasteiger partial charge in [0, 0.05) is 49.5 Å². The van der Waals surface area contributed by atoms with Crippen LogP contribution in [0.25, 0.3) is 22.2 Å². The number of nitrogens with zero attached hydrogens (tertiary/aromatic N) is 6. The summed E-state index contributed by atoms with van der Waals surface area (Å²) in [5.41, 5.74) is 3.16. The lowest BCUT2D eigenvalue weighted by molar-refractivity contribution is 0.0748. The fourth-order valence-corrected chi connectivity index (χ4v) is 3.92. The van der Waals surface area contributed by atoms with Crippen molar-refractivity contribution in [3.05, 3.63) is 72.8 Å². The van der Waals surface area contributed by atoms with Crippen LogP contribution < -0.4 is 9.64 Å². The highest BCUT2D eigenvalue weighted by atomic mass is 16.5. The Labute approximate surface area is 185 Å². The summed E-state index contributed by atoms with van der Waals surface area (Å²) in [5, 5.41) is 0.858. The molecule has 1 fully saturated rings. The van der Waals surface area contributed by atoms with Crippen LogP contribution in [0, 0.1) is 0 Å².